The lowest BCUT2D eigenvalue weighted by Gasteiger charge is -2.34. The van der Waals surface area contributed by atoms with Crippen molar-refractivity contribution in [2.24, 2.45) is 0 Å². The number of nitrogens with one attached hydrogen (secondary N) is 1. The molecule has 1 atom stereocenters. The third-order valence-electron chi connectivity index (χ3n) is 5.77. The zero-order chi connectivity index (χ0) is 20.3. The average Bonchev–Trinajstić information content (AvgIpc) is 3.44. The number of aromatic nitrogens is 6. The summed E-state index contributed by atoms with van der Waals surface area (Å²) in [5.74, 6) is 0.682. The van der Waals surface area contributed by atoms with Crippen LogP contribution in [-0.2, 0) is 29.0 Å². The number of fused-ring (bicyclic) bond motifs is 1. The fourth-order valence-electron chi connectivity index (χ4n) is 4.18. The molecule has 3 aromatic rings. The molecule has 4 heterocycles. The second-order valence-corrected chi connectivity index (χ2v) is 7.60. The van der Waals surface area contributed by atoms with Gasteiger partial charge in [0.25, 0.3) is 0 Å². The predicted octanol–water partition coefficient (Wildman–Crippen LogP) is 0.403. The van der Waals surface area contributed by atoms with Crippen LogP contribution in [0.2, 0.25) is 0 Å². The Kier molecular flexibility index (Phi) is 5.24. The molecule has 10 nitrogen and oxygen atoms in total. The van der Waals surface area contributed by atoms with Gasteiger partial charge < -0.3 is 9.64 Å². The van der Waals surface area contributed by atoms with Crippen LogP contribution in [0.3, 0.4) is 0 Å². The second-order valence-electron chi connectivity index (χ2n) is 7.60. The average molecular weight is 408 g/mol. The number of H-pyrrole nitrogens is 1. The van der Waals surface area contributed by atoms with Crippen molar-refractivity contribution >= 4 is 5.91 Å². The third-order valence-corrected chi connectivity index (χ3v) is 5.77. The zero-order valence-corrected chi connectivity index (χ0v) is 16.6. The van der Waals surface area contributed by atoms with Gasteiger partial charge in [-0.25, -0.2) is 4.68 Å². The molecule has 0 aliphatic carbocycles. The van der Waals surface area contributed by atoms with Gasteiger partial charge in [0, 0.05) is 43.9 Å². The molecule has 5 rings (SSSR count). The summed E-state index contributed by atoms with van der Waals surface area (Å²) >= 11 is 0. The molecule has 156 valence electrons. The zero-order valence-electron chi connectivity index (χ0n) is 16.6. The van der Waals surface area contributed by atoms with Crippen LogP contribution in [0.4, 0.5) is 0 Å². The summed E-state index contributed by atoms with van der Waals surface area (Å²) in [5, 5.41) is 19.5. The molecule has 1 N–H and O–H groups in total. The van der Waals surface area contributed by atoms with Crippen molar-refractivity contribution in [1.29, 1.82) is 0 Å². The molecule has 2 aliphatic rings. The highest BCUT2D eigenvalue weighted by atomic mass is 16.5. The van der Waals surface area contributed by atoms with Gasteiger partial charge in [-0.1, -0.05) is 30.3 Å². The largest absolute Gasteiger partial charge is 0.379 e. The smallest absolute Gasteiger partial charge is 0.244 e. The van der Waals surface area contributed by atoms with Crippen molar-refractivity contribution in [1.82, 2.24) is 40.2 Å². The molecule has 0 spiro atoms. The van der Waals surface area contributed by atoms with Gasteiger partial charge in [0.05, 0.1) is 25.5 Å². The van der Waals surface area contributed by atoms with Crippen molar-refractivity contribution < 1.29 is 9.53 Å². The van der Waals surface area contributed by atoms with Gasteiger partial charge in [0.2, 0.25) is 5.91 Å². The van der Waals surface area contributed by atoms with E-state index in [0.717, 1.165) is 36.3 Å². The maximum atomic E-state index is 13.0. The van der Waals surface area contributed by atoms with Crippen molar-refractivity contribution in [3.63, 3.8) is 0 Å². The summed E-state index contributed by atoms with van der Waals surface area (Å²) in [6.07, 6.45) is 2.57. The number of carbonyl (C=O) groups excluding carboxylic acids is 1. The first-order chi connectivity index (χ1) is 14.8. The number of carbonyl (C=O) groups is 1. The third kappa shape index (κ3) is 3.71. The van der Waals surface area contributed by atoms with E-state index in [1.165, 1.54) is 0 Å². The molecule has 2 aromatic heterocycles. The number of benzene rings is 1. The van der Waals surface area contributed by atoms with Crippen molar-refractivity contribution in [2.75, 3.05) is 32.8 Å². The Labute approximate surface area is 173 Å². The number of hydrogen-bond acceptors (Lipinski definition) is 7. The highest BCUT2D eigenvalue weighted by Crippen LogP contribution is 2.27. The van der Waals surface area contributed by atoms with E-state index in [9.17, 15) is 4.79 Å². The minimum atomic E-state index is -0.125. The summed E-state index contributed by atoms with van der Waals surface area (Å²) in [4.78, 5) is 17.2. The minimum Gasteiger partial charge on any atom is -0.379 e. The van der Waals surface area contributed by atoms with Gasteiger partial charge in [-0.05, 0) is 16.0 Å². The standard InChI is InChI=1S/C20H24N8O2/c29-18(27-7-6-17-16(13-27)12-21-22-17)14-28-20(23-24-25-28)19(15-4-2-1-3-5-15)26-8-10-30-11-9-26/h1-5,12,19H,6-11,13-14H2,(H,21,22). The van der Waals surface area contributed by atoms with Crippen LogP contribution in [0.25, 0.3) is 0 Å². The van der Waals surface area contributed by atoms with Crippen molar-refractivity contribution in [3.8, 4) is 0 Å². The van der Waals surface area contributed by atoms with Crippen LogP contribution in [0, 0.1) is 0 Å². The molecule has 0 saturated carbocycles. The normalized spacial score (nSPS) is 18.2. The Morgan fingerprint density at radius 2 is 2.00 bits per heavy atom. The van der Waals surface area contributed by atoms with E-state index in [2.05, 4.69) is 42.8 Å². The Hall–Kier alpha value is -3.11. The molecule has 1 fully saturated rings. The first-order valence-corrected chi connectivity index (χ1v) is 10.2. The van der Waals surface area contributed by atoms with Crippen LogP contribution in [0.1, 0.15) is 28.7 Å². The molecule has 0 bridgehead atoms. The number of aromatic amines is 1. The minimum absolute atomic E-state index is 0.00388. The molecular formula is C20H24N8O2. The van der Waals surface area contributed by atoms with E-state index in [-0.39, 0.29) is 18.5 Å². The van der Waals surface area contributed by atoms with Gasteiger partial charge in [0.1, 0.15) is 6.54 Å². The van der Waals surface area contributed by atoms with E-state index < -0.39 is 0 Å². The van der Waals surface area contributed by atoms with E-state index in [4.69, 9.17) is 4.74 Å². The molecule has 10 heteroatoms. The SMILES string of the molecule is O=C(Cn1nnnc1C(c1ccccc1)N1CCOCC1)N1CCc2[nH]ncc2C1. The summed E-state index contributed by atoms with van der Waals surface area (Å²) < 4.78 is 7.17. The quantitative estimate of drug-likeness (QED) is 0.652. The number of rotatable bonds is 5. The number of amides is 1. The molecule has 1 saturated heterocycles. The summed E-state index contributed by atoms with van der Waals surface area (Å²) in [7, 11) is 0. The lowest BCUT2D eigenvalue weighted by molar-refractivity contribution is -0.133. The fourth-order valence-corrected chi connectivity index (χ4v) is 4.18. The second kappa shape index (κ2) is 8.33. The lowest BCUT2D eigenvalue weighted by Crippen LogP contribution is -2.42. The lowest BCUT2D eigenvalue weighted by atomic mass is 10.0. The van der Waals surface area contributed by atoms with Crippen LogP contribution in [0.5, 0.6) is 0 Å². The number of tetrazole rings is 1. The molecule has 1 amide bonds. The maximum Gasteiger partial charge on any atom is 0.244 e. The van der Waals surface area contributed by atoms with Crippen molar-refractivity contribution in [3.05, 3.63) is 59.2 Å². The van der Waals surface area contributed by atoms with Gasteiger partial charge in [0.15, 0.2) is 5.82 Å². The molecule has 30 heavy (non-hydrogen) atoms. The Bertz CT molecular complexity index is 995. The number of ether oxygens (including phenoxy) is 1. The van der Waals surface area contributed by atoms with Crippen LogP contribution >= 0.6 is 0 Å². The van der Waals surface area contributed by atoms with Gasteiger partial charge in [-0.3, -0.25) is 14.8 Å². The predicted molar refractivity (Wildman–Crippen MR) is 106 cm³/mol. The highest BCUT2D eigenvalue weighted by molar-refractivity contribution is 5.76. The first kappa shape index (κ1) is 18.9. The van der Waals surface area contributed by atoms with E-state index in [1.54, 1.807) is 10.9 Å². The van der Waals surface area contributed by atoms with Gasteiger partial charge in [-0.2, -0.15) is 5.10 Å². The maximum absolute atomic E-state index is 13.0. The molecule has 0 radical (unpaired) electrons. The summed E-state index contributed by atoms with van der Waals surface area (Å²) in [6, 6.07) is 10.0. The summed E-state index contributed by atoms with van der Waals surface area (Å²) in [5.41, 5.74) is 3.28. The molecule has 1 aromatic carbocycles. The van der Waals surface area contributed by atoms with E-state index in [1.807, 2.05) is 23.1 Å². The Balaban J connectivity index is 1.39. The Morgan fingerprint density at radius 3 is 2.83 bits per heavy atom. The first-order valence-electron chi connectivity index (χ1n) is 10.2. The number of morpholine rings is 1. The highest BCUT2D eigenvalue weighted by Gasteiger charge is 2.30. The van der Waals surface area contributed by atoms with Gasteiger partial charge in [-0.15, -0.1) is 5.10 Å². The molecule has 1 unspecified atom stereocenters. The summed E-state index contributed by atoms with van der Waals surface area (Å²) in [6.45, 7) is 4.26. The van der Waals surface area contributed by atoms with Crippen LogP contribution in [-0.4, -0.2) is 79.0 Å². The van der Waals surface area contributed by atoms with Crippen molar-refractivity contribution in [2.45, 2.75) is 25.6 Å². The van der Waals surface area contributed by atoms with E-state index in [0.29, 0.717) is 32.1 Å². The monoisotopic (exact) mass is 408 g/mol. The fraction of sp³-hybridized carbons (Fsp3) is 0.450. The van der Waals surface area contributed by atoms with Crippen LogP contribution in [0.15, 0.2) is 36.5 Å². The number of hydrogen-bond donors (Lipinski definition) is 1. The van der Waals surface area contributed by atoms with Gasteiger partial charge >= 0.3 is 0 Å². The molecular weight excluding hydrogens is 384 g/mol. The molecule has 2 aliphatic heterocycles. The topological polar surface area (TPSA) is 105 Å². The Morgan fingerprint density at radius 1 is 1.17 bits per heavy atom. The van der Waals surface area contributed by atoms with E-state index >= 15 is 0 Å². The van der Waals surface area contributed by atoms with Crippen LogP contribution < -0.4 is 0 Å². The number of nitrogens with zero attached hydrogens (tertiary/aromatic N) is 7.